The summed E-state index contributed by atoms with van der Waals surface area (Å²) >= 11 is 0. The van der Waals surface area contributed by atoms with Crippen LogP contribution in [0.3, 0.4) is 0 Å². The maximum absolute atomic E-state index is 10.1. The van der Waals surface area contributed by atoms with Crippen LogP contribution in [0.15, 0.2) is 18.3 Å². The normalized spacial score (nSPS) is 27.4. The zero-order valence-electron chi connectivity index (χ0n) is 12.3. The Labute approximate surface area is 121 Å². The van der Waals surface area contributed by atoms with Gasteiger partial charge in [0.1, 0.15) is 5.82 Å². The fourth-order valence-corrected chi connectivity index (χ4v) is 2.75. The topological polar surface area (TPSA) is 48.4 Å². The van der Waals surface area contributed by atoms with Gasteiger partial charge in [-0.15, -0.1) is 0 Å². The Bertz CT molecular complexity index is 440. The van der Waals surface area contributed by atoms with Gasteiger partial charge in [-0.25, -0.2) is 4.98 Å². The van der Waals surface area contributed by atoms with Gasteiger partial charge >= 0.3 is 0 Å². The van der Waals surface area contributed by atoms with Crippen molar-refractivity contribution in [2.24, 2.45) is 0 Å². The number of rotatable bonds is 4. The summed E-state index contributed by atoms with van der Waals surface area (Å²) in [7, 11) is 0. The molecule has 2 heterocycles. The second-order valence-electron chi connectivity index (χ2n) is 6.52. The molecule has 1 saturated heterocycles. The number of aliphatic hydroxyl groups is 1. The molecule has 1 atom stereocenters. The molecule has 0 spiro atoms. The van der Waals surface area contributed by atoms with Gasteiger partial charge in [-0.3, -0.25) is 0 Å². The van der Waals surface area contributed by atoms with Crippen LogP contribution >= 0.6 is 0 Å². The number of aromatic nitrogens is 1. The summed E-state index contributed by atoms with van der Waals surface area (Å²) < 4.78 is 0. The highest BCUT2D eigenvalue weighted by Gasteiger charge is 2.25. The number of nitrogens with one attached hydrogen (secondary N) is 1. The molecule has 110 valence electrons. The third-order valence-electron chi connectivity index (χ3n) is 4.37. The van der Waals surface area contributed by atoms with E-state index in [9.17, 15) is 5.11 Å². The Balaban J connectivity index is 1.58. The van der Waals surface area contributed by atoms with Crippen LogP contribution in [-0.4, -0.2) is 34.8 Å². The molecule has 2 N–H and O–H groups in total. The third-order valence-corrected chi connectivity index (χ3v) is 4.37. The Morgan fingerprint density at radius 3 is 2.90 bits per heavy atom. The van der Waals surface area contributed by atoms with Gasteiger partial charge in [0.25, 0.3) is 0 Å². The fourth-order valence-electron chi connectivity index (χ4n) is 2.75. The van der Waals surface area contributed by atoms with Gasteiger partial charge in [0, 0.05) is 31.9 Å². The molecule has 4 heteroatoms. The molecule has 1 saturated carbocycles. The highest BCUT2D eigenvalue weighted by molar-refractivity contribution is 5.39. The second kappa shape index (κ2) is 5.70. The van der Waals surface area contributed by atoms with Crippen LogP contribution in [-0.2, 0) is 6.54 Å². The summed E-state index contributed by atoms with van der Waals surface area (Å²) in [5.41, 5.74) is 0.741. The highest BCUT2D eigenvalue weighted by atomic mass is 16.3. The van der Waals surface area contributed by atoms with Crippen molar-refractivity contribution in [3.8, 4) is 0 Å². The largest absolute Gasteiger partial charge is 0.390 e. The molecule has 1 aromatic rings. The van der Waals surface area contributed by atoms with Crippen molar-refractivity contribution < 1.29 is 5.11 Å². The third kappa shape index (κ3) is 3.70. The standard InChI is InChI=1S/C16H25N3O/c1-16(20)7-2-9-19(10-8-16)15-6-3-13(12-18-15)11-17-14-4-5-14/h3,6,12,14,17,20H,2,4-5,7-11H2,1H3. The van der Waals surface area contributed by atoms with Gasteiger partial charge in [0.05, 0.1) is 5.60 Å². The lowest BCUT2D eigenvalue weighted by atomic mass is 9.98. The van der Waals surface area contributed by atoms with E-state index in [2.05, 4.69) is 27.3 Å². The molecule has 0 bridgehead atoms. The van der Waals surface area contributed by atoms with E-state index in [1.165, 1.54) is 18.4 Å². The lowest BCUT2D eigenvalue weighted by Gasteiger charge is -2.23. The zero-order valence-corrected chi connectivity index (χ0v) is 12.3. The van der Waals surface area contributed by atoms with E-state index >= 15 is 0 Å². The minimum absolute atomic E-state index is 0.511. The maximum Gasteiger partial charge on any atom is 0.128 e. The second-order valence-corrected chi connectivity index (χ2v) is 6.52. The first-order chi connectivity index (χ1) is 9.62. The molecule has 1 aromatic heterocycles. The quantitative estimate of drug-likeness (QED) is 0.883. The molecule has 3 rings (SSSR count). The van der Waals surface area contributed by atoms with E-state index in [4.69, 9.17) is 0 Å². The molecular weight excluding hydrogens is 250 g/mol. The minimum Gasteiger partial charge on any atom is -0.390 e. The zero-order chi connectivity index (χ0) is 14.0. The Hall–Kier alpha value is -1.13. The van der Waals surface area contributed by atoms with E-state index < -0.39 is 5.60 Å². The molecule has 20 heavy (non-hydrogen) atoms. The maximum atomic E-state index is 10.1. The van der Waals surface area contributed by atoms with E-state index in [0.29, 0.717) is 0 Å². The van der Waals surface area contributed by atoms with E-state index in [0.717, 1.165) is 50.8 Å². The predicted molar refractivity (Wildman–Crippen MR) is 80.8 cm³/mol. The van der Waals surface area contributed by atoms with Crippen LogP contribution < -0.4 is 10.2 Å². The number of pyridine rings is 1. The van der Waals surface area contributed by atoms with Crippen LogP contribution in [0.2, 0.25) is 0 Å². The molecule has 2 aliphatic rings. The van der Waals surface area contributed by atoms with Crippen LogP contribution in [0.4, 0.5) is 5.82 Å². The average Bonchev–Trinajstić information content (AvgIpc) is 3.25. The molecule has 1 aliphatic carbocycles. The summed E-state index contributed by atoms with van der Waals surface area (Å²) in [6, 6.07) is 5.02. The van der Waals surface area contributed by atoms with Gasteiger partial charge in [0.2, 0.25) is 0 Å². The van der Waals surface area contributed by atoms with Crippen molar-refractivity contribution in [1.82, 2.24) is 10.3 Å². The van der Waals surface area contributed by atoms with Crippen LogP contribution in [0.25, 0.3) is 0 Å². The first-order valence-electron chi connectivity index (χ1n) is 7.78. The lowest BCUT2D eigenvalue weighted by Crippen LogP contribution is -2.28. The molecular formula is C16H25N3O. The SMILES string of the molecule is CC1(O)CCCN(c2ccc(CNC3CC3)cn2)CC1. The molecule has 2 fully saturated rings. The fraction of sp³-hybridized carbons (Fsp3) is 0.688. The predicted octanol–water partition coefficient (Wildman–Crippen LogP) is 2.07. The van der Waals surface area contributed by atoms with E-state index in [1.807, 2.05) is 13.1 Å². The molecule has 4 nitrogen and oxygen atoms in total. The number of hydrogen-bond donors (Lipinski definition) is 2. The van der Waals surface area contributed by atoms with Crippen molar-refractivity contribution in [1.29, 1.82) is 0 Å². The van der Waals surface area contributed by atoms with Gasteiger partial charge in [-0.1, -0.05) is 6.07 Å². The lowest BCUT2D eigenvalue weighted by molar-refractivity contribution is 0.0481. The summed E-state index contributed by atoms with van der Waals surface area (Å²) in [6.45, 7) is 4.74. The Morgan fingerprint density at radius 2 is 2.20 bits per heavy atom. The van der Waals surface area contributed by atoms with Gasteiger partial charge in [-0.2, -0.15) is 0 Å². The van der Waals surface area contributed by atoms with Crippen molar-refractivity contribution in [2.45, 2.75) is 57.2 Å². The highest BCUT2D eigenvalue weighted by Crippen LogP contribution is 2.24. The van der Waals surface area contributed by atoms with E-state index in [1.54, 1.807) is 0 Å². The van der Waals surface area contributed by atoms with Gasteiger partial charge in [-0.05, 0) is 50.7 Å². The Kier molecular flexibility index (Phi) is 3.94. The monoisotopic (exact) mass is 275 g/mol. The average molecular weight is 275 g/mol. The van der Waals surface area contributed by atoms with Crippen molar-refractivity contribution in [3.05, 3.63) is 23.9 Å². The summed E-state index contributed by atoms with van der Waals surface area (Å²) in [4.78, 5) is 6.89. The van der Waals surface area contributed by atoms with Crippen molar-refractivity contribution >= 4 is 5.82 Å². The van der Waals surface area contributed by atoms with Crippen molar-refractivity contribution in [2.75, 3.05) is 18.0 Å². The number of nitrogens with zero attached hydrogens (tertiary/aromatic N) is 2. The van der Waals surface area contributed by atoms with Gasteiger partial charge in [0.15, 0.2) is 0 Å². The van der Waals surface area contributed by atoms with Crippen LogP contribution in [0.5, 0.6) is 0 Å². The molecule has 0 radical (unpaired) electrons. The van der Waals surface area contributed by atoms with Crippen LogP contribution in [0.1, 0.15) is 44.6 Å². The number of anilines is 1. The molecule has 0 aromatic carbocycles. The summed E-state index contributed by atoms with van der Waals surface area (Å²) in [5, 5.41) is 13.6. The first kappa shape index (κ1) is 13.8. The Morgan fingerprint density at radius 1 is 1.35 bits per heavy atom. The van der Waals surface area contributed by atoms with Crippen molar-refractivity contribution in [3.63, 3.8) is 0 Å². The molecule has 1 aliphatic heterocycles. The first-order valence-corrected chi connectivity index (χ1v) is 7.78. The smallest absolute Gasteiger partial charge is 0.128 e. The number of hydrogen-bond acceptors (Lipinski definition) is 4. The minimum atomic E-state index is -0.511. The summed E-state index contributed by atoms with van der Waals surface area (Å²) in [6.07, 6.45) is 7.35. The van der Waals surface area contributed by atoms with E-state index in [-0.39, 0.29) is 0 Å². The summed E-state index contributed by atoms with van der Waals surface area (Å²) in [5.74, 6) is 1.04. The van der Waals surface area contributed by atoms with Crippen LogP contribution in [0, 0.1) is 0 Å². The molecule has 1 unspecified atom stereocenters. The molecule has 0 amide bonds. The van der Waals surface area contributed by atoms with Gasteiger partial charge < -0.3 is 15.3 Å².